The third-order valence-corrected chi connectivity index (χ3v) is 5.38. The van der Waals surface area contributed by atoms with Gasteiger partial charge < -0.3 is 29.6 Å². The zero-order valence-electron chi connectivity index (χ0n) is 19.6. The SMILES string of the molecule is CN(C)CCNC(=O)COc1ccc2oc3c(NCCN(C)C)c4ccccc4nc3c2c1. The van der Waals surface area contributed by atoms with Crippen molar-refractivity contribution in [1.29, 1.82) is 0 Å². The fourth-order valence-electron chi connectivity index (χ4n) is 3.66. The molecule has 0 aliphatic heterocycles. The van der Waals surface area contributed by atoms with Crippen molar-refractivity contribution in [3.63, 3.8) is 0 Å². The molecule has 0 atom stereocenters. The highest BCUT2D eigenvalue weighted by Crippen LogP contribution is 2.38. The van der Waals surface area contributed by atoms with Crippen molar-refractivity contribution < 1.29 is 13.9 Å². The second kappa shape index (κ2) is 10.1. The van der Waals surface area contributed by atoms with Crippen LogP contribution in [0.5, 0.6) is 5.75 Å². The molecule has 2 N–H and O–H groups in total. The van der Waals surface area contributed by atoms with Gasteiger partial charge in [0.2, 0.25) is 0 Å². The number of amides is 1. The predicted octanol–water partition coefficient (Wildman–Crippen LogP) is 3.16. The zero-order valence-corrected chi connectivity index (χ0v) is 19.6. The monoisotopic (exact) mass is 449 g/mol. The summed E-state index contributed by atoms with van der Waals surface area (Å²) in [6, 6.07) is 13.6. The first-order valence-electron chi connectivity index (χ1n) is 11.1. The number of pyridine rings is 1. The minimum atomic E-state index is -0.148. The van der Waals surface area contributed by atoms with E-state index in [-0.39, 0.29) is 12.5 Å². The molecule has 4 rings (SSSR count). The first-order valence-corrected chi connectivity index (χ1v) is 11.1. The highest BCUT2D eigenvalue weighted by molar-refractivity contribution is 6.14. The molecule has 0 radical (unpaired) electrons. The van der Waals surface area contributed by atoms with Crippen LogP contribution in [0.2, 0.25) is 0 Å². The van der Waals surface area contributed by atoms with Crippen molar-refractivity contribution in [2.45, 2.75) is 0 Å². The van der Waals surface area contributed by atoms with Crippen LogP contribution in [0.4, 0.5) is 5.69 Å². The Balaban J connectivity index is 1.62. The molecular formula is C25H31N5O3. The molecule has 33 heavy (non-hydrogen) atoms. The van der Waals surface area contributed by atoms with Crippen LogP contribution >= 0.6 is 0 Å². The molecule has 174 valence electrons. The van der Waals surface area contributed by atoms with Crippen LogP contribution in [0.1, 0.15) is 0 Å². The number of nitrogens with zero attached hydrogens (tertiary/aromatic N) is 3. The minimum Gasteiger partial charge on any atom is -0.484 e. The molecule has 8 nitrogen and oxygen atoms in total. The third-order valence-electron chi connectivity index (χ3n) is 5.38. The molecule has 0 bridgehead atoms. The number of benzene rings is 2. The van der Waals surface area contributed by atoms with E-state index >= 15 is 0 Å². The van der Waals surface area contributed by atoms with Gasteiger partial charge in [0, 0.05) is 31.6 Å². The smallest absolute Gasteiger partial charge is 0.257 e. The van der Waals surface area contributed by atoms with Gasteiger partial charge in [-0.3, -0.25) is 4.79 Å². The topological polar surface area (TPSA) is 82.9 Å². The van der Waals surface area contributed by atoms with E-state index < -0.39 is 0 Å². The maximum absolute atomic E-state index is 12.1. The van der Waals surface area contributed by atoms with Crippen molar-refractivity contribution in [3.05, 3.63) is 42.5 Å². The Kier molecular flexibility index (Phi) is 6.96. The van der Waals surface area contributed by atoms with Gasteiger partial charge in [0.05, 0.1) is 16.6 Å². The first kappa shape index (κ1) is 22.8. The van der Waals surface area contributed by atoms with Crippen LogP contribution in [-0.2, 0) is 4.79 Å². The lowest BCUT2D eigenvalue weighted by atomic mass is 10.1. The number of furan rings is 1. The van der Waals surface area contributed by atoms with Crippen molar-refractivity contribution in [2.75, 3.05) is 66.3 Å². The van der Waals surface area contributed by atoms with Gasteiger partial charge in [-0.2, -0.15) is 0 Å². The van der Waals surface area contributed by atoms with Crippen LogP contribution in [0.3, 0.4) is 0 Å². The lowest BCUT2D eigenvalue weighted by molar-refractivity contribution is -0.123. The van der Waals surface area contributed by atoms with Crippen LogP contribution in [0, 0.1) is 0 Å². The van der Waals surface area contributed by atoms with Gasteiger partial charge in [0.1, 0.15) is 16.8 Å². The van der Waals surface area contributed by atoms with E-state index in [1.165, 1.54) is 0 Å². The summed E-state index contributed by atoms with van der Waals surface area (Å²) in [6.45, 7) is 3.00. The van der Waals surface area contributed by atoms with E-state index in [0.717, 1.165) is 58.3 Å². The van der Waals surface area contributed by atoms with Crippen LogP contribution < -0.4 is 15.4 Å². The molecular weight excluding hydrogens is 418 g/mol. The normalized spacial score (nSPS) is 11.7. The predicted molar refractivity (Wildman–Crippen MR) is 133 cm³/mol. The summed E-state index contributed by atoms with van der Waals surface area (Å²) < 4.78 is 12.0. The summed E-state index contributed by atoms with van der Waals surface area (Å²) in [4.78, 5) is 21.1. The molecule has 0 fully saturated rings. The number of anilines is 1. The lowest BCUT2D eigenvalue weighted by Gasteiger charge is -2.13. The number of nitrogens with one attached hydrogen (secondary N) is 2. The molecule has 4 aromatic rings. The maximum atomic E-state index is 12.1. The number of rotatable bonds is 10. The Hall–Kier alpha value is -3.36. The van der Waals surface area contributed by atoms with Gasteiger partial charge in [0.15, 0.2) is 12.2 Å². The number of hydrogen-bond donors (Lipinski definition) is 2. The molecule has 8 heteroatoms. The average Bonchev–Trinajstić information content (AvgIpc) is 3.14. The van der Waals surface area contributed by atoms with E-state index in [1.807, 2.05) is 69.5 Å². The average molecular weight is 450 g/mol. The Morgan fingerprint density at radius 3 is 2.55 bits per heavy atom. The maximum Gasteiger partial charge on any atom is 0.257 e. The highest BCUT2D eigenvalue weighted by Gasteiger charge is 2.17. The zero-order chi connectivity index (χ0) is 23.4. The van der Waals surface area contributed by atoms with Crippen molar-refractivity contribution in [3.8, 4) is 5.75 Å². The van der Waals surface area contributed by atoms with Crippen LogP contribution in [0.25, 0.3) is 33.0 Å². The number of carbonyl (C=O) groups excluding carboxylic acids is 1. The summed E-state index contributed by atoms with van der Waals surface area (Å²) in [5, 5.41) is 8.28. The molecule has 2 heterocycles. The number of likely N-dealkylation sites (N-methyl/N-ethyl adjacent to an activating group) is 2. The van der Waals surface area contributed by atoms with Gasteiger partial charge >= 0.3 is 0 Å². The lowest BCUT2D eigenvalue weighted by Crippen LogP contribution is -2.34. The van der Waals surface area contributed by atoms with Crippen molar-refractivity contribution in [1.82, 2.24) is 20.1 Å². The minimum absolute atomic E-state index is 0.0393. The van der Waals surface area contributed by atoms with Gasteiger partial charge in [-0.1, -0.05) is 18.2 Å². The summed E-state index contributed by atoms with van der Waals surface area (Å²) in [6.07, 6.45) is 0. The molecule has 2 aromatic carbocycles. The molecule has 0 aliphatic carbocycles. The second-order valence-corrected chi connectivity index (χ2v) is 8.61. The Labute approximate surface area is 193 Å². The van der Waals surface area contributed by atoms with Gasteiger partial charge in [-0.15, -0.1) is 0 Å². The number of hydrogen-bond acceptors (Lipinski definition) is 7. The Morgan fingerprint density at radius 1 is 1.00 bits per heavy atom. The van der Waals surface area contributed by atoms with E-state index in [4.69, 9.17) is 14.1 Å². The first-order chi connectivity index (χ1) is 15.9. The summed E-state index contributed by atoms with van der Waals surface area (Å²) in [7, 11) is 8.03. The summed E-state index contributed by atoms with van der Waals surface area (Å²) in [5.74, 6) is 0.454. The molecule has 0 saturated heterocycles. The molecule has 2 aromatic heterocycles. The number of aromatic nitrogens is 1. The Morgan fingerprint density at radius 2 is 1.76 bits per heavy atom. The van der Waals surface area contributed by atoms with Gasteiger partial charge in [-0.25, -0.2) is 4.98 Å². The Bertz CT molecular complexity index is 1270. The van der Waals surface area contributed by atoms with E-state index in [9.17, 15) is 4.79 Å². The van der Waals surface area contributed by atoms with E-state index in [2.05, 4.69) is 21.6 Å². The molecule has 0 aliphatic rings. The van der Waals surface area contributed by atoms with Crippen LogP contribution in [-0.4, -0.2) is 81.7 Å². The summed E-state index contributed by atoms with van der Waals surface area (Å²) in [5.41, 5.74) is 4.06. The number of fused-ring (bicyclic) bond motifs is 4. The second-order valence-electron chi connectivity index (χ2n) is 8.61. The number of para-hydroxylation sites is 1. The number of carbonyl (C=O) groups is 1. The van der Waals surface area contributed by atoms with Crippen molar-refractivity contribution >= 4 is 44.6 Å². The molecule has 0 spiro atoms. The van der Waals surface area contributed by atoms with Crippen LogP contribution in [0.15, 0.2) is 46.9 Å². The molecule has 1 amide bonds. The van der Waals surface area contributed by atoms with E-state index in [0.29, 0.717) is 12.3 Å². The van der Waals surface area contributed by atoms with Gasteiger partial charge in [0.25, 0.3) is 5.91 Å². The highest BCUT2D eigenvalue weighted by atomic mass is 16.5. The number of ether oxygens (including phenoxy) is 1. The third kappa shape index (κ3) is 5.35. The summed E-state index contributed by atoms with van der Waals surface area (Å²) >= 11 is 0. The van der Waals surface area contributed by atoms with Gasteiger partial charge in [-0.05, 0) is 52.5 Å². The quantitative estimate of drug-likeness (QED) is 0.385. The fraction of sp³-hybridized carbons (Fsp3) is 0.360. The standard InChI is InChI=1S/C25H31N5O3/c1-29(2)13-11-26-22(31)16-32-17-9-10-21-19(15-17)24-25(33-21)23(27-12-14-30(3)4)18-7-5-6-8-20(18)28-24/h5-10,15H,11-14,16H2,1-4H3,(H,26,31)(H,27,28). The fourth-order valence-corrected chi connectivity index (χ4v) is 3.66. The molecule has 0 unspecified atom stereocenters. The largest absolute Gasteiger partial charge is 0.484 e. The van der Waals surface area contributed by atoms with Crippen molar-refractivity contribution in [2.24, 2.45) is 0 Å². The molecule has 0 saturated carbocycles. The van der Waals surface area contributed by atoms with E-state index in [1.54, 1.807) is 0 Å².